The maximum atomic E-state index is 0. The molecule has 0 aromatic heterocycles. The van der Waals surface area contributed by atoms with Gasteiger partial charge in [-0.1, -0.05) is 0 Å². The van der Waals surface area contributed by atoms with Crippen LogP contribution in [-0.2, 0) is 47.9 Å². The van der Waals surface area contributed by atoms with Crippen LogP contribution in [0, 0.1) is 0 Å². The van der Waals surface area contributed by atoms with Gasteiger partial charge in [0.15, 0.2) is 0 Å². The van der Waals surface area contributed by atoms with Crippen LogP contribution >= 0.6 is 0 Å². The van der Waals surface area contributed by atoms with E-state index in [1.807, 2.05) is 0 Å². The molecule has 0 atom stereocenters. The van der Waals surface area contributed by atoms with Crippen molar-refractivity contribution >= 4 is 26.2 Å². The zero-order chi connectivity index (χ0) is 0. The van der Waals surface area contributed by atoms with Gasteiger partial charge in [0.2, 0.25) is 0 Å². The maximum Gasteiger partial charge on any atom is 0 e. The van der Waals surface area contributed by atoms with E-state index >= 15 is 0 Å². The van der Waals surface area contributed by atoms with Gasteiger partial charge in [-0.2, -0.15) is 0 Å². The van der Waals surface area contributed by atoms with Gasteiger partial charge < -0.3 is 21.9 Å². The predicted molar refractivity (Wildman–Crippen MR) is 24.4 cm³/mol. The molecule has 0 fully saturated rings. The molecule has 0 bridgehead atoms. The van der Waals surface area contributed by atoms with Crippen molar-refractivity contribution in [2.24, 2.45) is 0 Å². The number of hydrogen-bond acceptors (Lipinski definition) is 0. The zero-order valence-electron chi connectivity index (χ0n) is 3.71. The standard InChI is InChI=1S/Bi.4H2O.Ti.Zr.3H/h;4*1H2;;;;;. The van der Waals surface area contributed by atoms with Crippen molar-refractivity contribution in [1.82, 2.24) is 0 Å². The van der Waals surface area contributed by atoms with Crippen molar-refractivity contribution in [2.75, 3.05) is 0 Å². The third-order valence-electron chi connectivity index (χ3n) is 0. The predicted octanol–water partition coefficient (Wildman–Crippen LogP) is -4.49. The topological polar surface area (TPSA) is 126 Å². The third-order valence-corrected chi connectivity index (χ3v) is 0. The molecule has 0 rings (SSSR count). The fourth-order valence-electron chi connectivity index (χ4n) is 0. The van der Waals surface area contributed by atoms with Gasteiger partial charge in [-0.3, -0.25) is 0 Å². The molecule has 4 nitrogen and oxygen atoms in total. The second kappa shape index (κ2) is 82.8. The molecule has 0 aliphatic rings. The summed E-state index contributed by atoms with van der Waals surface area (Å²) in [6.07, 6.45) is 0. The third kappa shape index (κ3) is 61.7. The molecule has 0 radical (unpaired) electrons. The van der Waals surface area contributed by atoms with Gasteiger partial charge in [0.25, 0.3) is 0 Å². The first-order chi connectivity index (χ1) is 0. The average Bonchev–Trinajstić information content (AvgIpc) is 0. The number of hydrogen-bond donors (Lipinski definition) is 0. The molecule has 0 amide bonds. The second-order valence-corrected chi connectivity index (χ2v) is 0. The molecule has 0 unspecified atom stereocenters. The van der Waals surface area contributed by atoms with Gasteiger partial charge in [-0.05, 0) is 0 Å². The Bertz CT molecular complexity index is 11.7. The first-order valence-corrected chi connectivity index (χ1v) is 0. The van der Waals surface area contributed by atoms with Crippen LogP contribution in [0.4, 0.5) is 0 Å². The molecule has 0 aromatic rings. The van der Waals surface area contributed by atoms with Crippen molar-refractivity contribution in [3.05, 3.63) is 0 Å². The fraction of sp³-hybridized carbons (Fsp3) is 0. The smallest absolute Gasteiger partial charge is 0 e. The SMILES string of the molecule is O.O.O.O.[BiH3].[Ti].[Zr]. The van der Waals surface area contributed by atoms with Gasteiger partial charge in [0.1, 0.15) is 0 Å². The van der Waals surface area contributed by atoms with Gasteiger partial charge in [0.05, 0.1) is 0 Å². The first-order valence-electron chi connectivity index (χ1n) is 0. The molecular weight excluding hydrogens is 412 g/mol. The van der Waals surface area contributed by atoms with E-state index in [9.17, 15) is 0 Å². The Hall–Kier alpha value is 2.32. The minimum absolute atomic E-state index is 0. The molecule has 48 valence electrons. The van der Waals surface area contributed by atoms with E-state index in [0.717, 1.165) is 0 Å². The Kier molecular flexibility index (Phi) is 1420. The summed E-state index contributed by atoms with van der Waals surface area (Å²) in [4.78, 5) is 0. The molecule has 0 heterocycles. The van der Waals surface area contributed by atoms with Crippen LogP contribution in [0.15, 0.2) is 0 Å². The van der Waals surface area contributed by atoms with Gasteiger partial charge in [0, 0.05) is 47.9 Å². The fourth-order valence-corrected chi connectivity index (χ4v) is 0. The van der Waals surface area contributed by atoms with Crippen LogP contribution in [0.1, 0.15) is 0 Å². The van der Waals surface area contributed by atoms with Gasteiger partial charge >= 0.3 is 26.2 Å². The molecule has 0 spiro atoms. The van der Waals surface area contributed by atoms with Crippen LogP contribution in [0.5, 0.6) is 0 Å². The maximum absolute atomic E-state index is 0. The second-order valence-electron chi connectivity index (χ2n) is 0. The van der Waals surface area contributed by atoms with E-state index in [1.54, 1.807) is 0 Å². The quantitative estimate of drug-likeness (QED) is 0.349. The van der Waals surface area contributed by atoms with Crippen molar-refractivity contribution in [1.29, 1.82) is 0 Å². The van der Waals surface area contributed by atoms with E-state index in [2.05, 4.69) is 0 Å². The zero-order valence-corrected chi connectivity index (χ0v) is 13.2. The van der Waals surface area contributed by atoms with Crippen LogP contribution in [-0.4, -0.2) is 48.1 Å². The summed E-state index contributed by atoms with van der Waals surface area (Å²) in [5.74, 6) is 0. The van der Waals surface area contributed by atoms with E-state index in [-0.39, 0.29) is 96.0 Å². The molecule has 0 saturated heterocycles. The molecule has 0 saturated carbocycles. The molecular formula is H11BiO4TiZr. The minimum atomic E-state index is 0. The minimum Gasteiger partial charge on any atom is 0 e. The monoisotopic (exact) mass is 422 g/mol. The summed E-state index contributed by atoms with van der Waals surface area (Å²) >= 11 is 0. The summed E-state index contributed by atoms with van der Waals surface area (Å²) in [5, 5.41) is 0. The summed E-state index contributed by atoms with van der Waals surface area (Å²) < 4.78 is 0. The van der Waals surface area contributed by atoms with E-state index in [4.69, 9.17) is 0 Å². The normalized spacial score (nSPS) is 0. The van der Waals surface area contributed by atoms with Gasteiger partial charge in [-0.15, -0.1) is 0 Å². The molecule has 8 N–H and O–H groups in total. The summed E-state index contributed by atoms with van der Waals surface area (Å²) in [6.45, 7) is 0. The largest absolute Gasteiger partial charge is 0 e. The van der Waals surface area contributed by atoms with Crippen molar-refractivity contribution in [2.45, 2.75) is 0 Å². The summed E-state index contributed by atoms with van der Waals surface area (Å²) in [5.41, 5.74) is 0. The average molecular weight is 423 g/mol. The molecule has 0 aliphatic heterocycles. The molecule has 7 heteroatoms. The Balaban J connectivity index is 0. The van der Waals surface area contributed by atoms with Crippen molar-refractivity contribution in [3.63, 3.8) is 0 Å². The van der Waals surface area contributed by atoms with Crippen LogP contribution in [0.3, 0.4) is 0 Å². The Morgan fingerprint density at radius 1 is 0.571 bits per heavy atom. The molecule has 7 heavy (non-hydrogen) atoms. The molecule has 0 aromatic carbocycles. The summed E-state index contributed by atoms with van der Waals surface area (Å²) in [6, 6.07) is 0. The first kappa shape index (κ1) is 120. The Labute approximate surface area is 94.8 Å². The van der Waals surface area contributed by atoms with Crippen molar-refractivity contribution < 1.29 is 69.8 Å². The molecule has 0 aliphatic carbocycles. The van der Waals surface area contributed by atoms with E-state index in [0.29, 0.717) is 0 Å². The van der Waals surface area contributed by atoms with Crippen LogP contribution < -0.4 is 0 Å². The Morgan fingerprint density at radius 3 is 0.571 bits per heavy atom. The van der Waals surface area contributed by atoms with E-state index < -0.39 is 0 Å². The van der Waals surface area contributed by atoms with E-state index in [1.165, 1.54) is 0 Å². The number of rotatable bonds is 0. The van der Waals surface area contributed by atoms with Crippen LogP contribution in [0.25, 0.3) is 0 Å². The van der Waals surface area contributed by atoms with Crippen molar-refractivity contribution in [3.8, 4) is 0 Å². The van der Waals surface area contributed by atoms with Crippen LogP contribution in [0.2, 0.25) is 0 Å². The van der Waals surface area contributed by atoms with Gasteiger partial charge in [-0.25, -0.2) is 0 Å². The Morgan fingerprint density at radius 2 is 0.571 bits per heavy atom. The summed E-state index contributed by atoms with van der Waals surface area (Å²) in [7, 11) is 0.